The molecular formula is C20H25ClN4O3S. The van der Waals surface area contributed by atoms with Gasteiger partial charge in [-0.3, -0.25) is 9.48 Å². The Morgan fingerprint density at radius 2 is 1.93 bits per heavy atom. The number of likely N-dealkylation sites (tertiary alicyclic amines) is 1. The van der Waals surface area contributed by atoms with Gasteiger partial charge in [0.2, 0.25) is 15.9 Å². The molecule has 0 saturated carbocycles. The Hall–Kier alpha value is -2.16. The highest BCUT2D eigenvalue weighted by atomic mass is 35.5. The van der Waals surface area contributed by atoms with Crippen molar-refractivity contribution in [2.45, 2.75) is 38.1 Å². The number of benzene rings is 1. The fraction of sp³-hybridized carbons (Fsp3) is 0.400. The van der Waals surface area contributed by atoms with Gasteiger partial charge in [0.25, 0.3) is 0 Å². The van der Waals surface area contributed by atoms with Crippen LogP contribution in [0.15, 0.2) is 42.6 Å². The number of sulfonamides is 1. The molecule has 3 rings (SSSR count). The summed E-state index contributed by atoms with van der Waals surface area (Å²) in [7, 11) is -3.46. The highest BCUT2D eigenvalue weighted by Crippen LogP contribution is 2.18. The quantitative estimate of drug-likeness (QED) is 0.676. The molecule has 0 spiro atoms. The molecule has 1 aliphatic rings. The molecule has 1 aromatic heterocycles. The summed E-state index contributed by atoms with van der Waals surface area (Å²) in [5.74, 6) is -0.117. The van der Waals surface area contributed by atoms with Gasteiger partial charge in [0.05, 0.1) is 17.5 Å². The van der Waals surface area contributed by atoms with Gasteiger partial charge in [-0.05, 0) is 49.6 Å². The Labute approximate surface area is 176 Å². The topological polar surface area (TPSA) is 84.3 Å². The summed E-state index contributed by atoms with van der Waals surface area (Å²) in [6.45, 7) is 3.73. The van der Waals surface area contributed by atoms with E-state index in [1.165, 1.54) is 6.08 Å². The third-order valence-electron chi connectivity index (χ3n) is 4.96. The number of hydrogen-bond acceptors (Lipinski definition) is 4. The van der Waals surface area contributed by atoms with E-state index in [1.54, 1.807) is 33.9 Å². The van der Waals surface area contributed by atoms with Gasteiger partial charge in [-0.25, -0.2) is 13.1 Å². The number of halogens is 1. The predicted molar refractivity (Wildman–Crippen MR) is 114 cm³/mol. The minimum Gasteiger partial charge on any atom is -0.339 e. The predicted octanol–water partition coefficient (Wildman–Crippen LogP) is 2.68. The molecule has 0 unspecified atom stereocenters. The molecule has 1 aromatic carbocycles. The van der Waals surface area contributed by atoms with E-state index in [9.17, 15) is 13.2 Å². The summed E-state index contributed by atoms with van der Waals surface area (Å²) in [5, 5.41) is 4.43. The van der Waals surface area contributed by atoms with Gasteiger partial charge >= 0.3 is 0 Å². The molecule has 1 saturated heterocycles. The monoisotopic (exact) mass is 436 g/mol. The molecular weight excluding hydrogens is 412 g/mol. The van der Waals surface area contributed by atoms with Crippen LogP contribution in [0.4, 0.5) is 0 Å². The van der Waals surface area contributed by atoms with E-state index in [1.807, 2.05) is 25.3 Å². The second-order valence-electron chi connectivity index (χ2n) is 6.94. The fourth-order valence-electron chi connectivity index (χ4n) is 3.20. The number of piperidine rings is 1. The molecule has 156 valence electrons. The second-order valence-corrected chi connectivity index (χ2v) is 9.42. The SMILES string of the molecule is CCn1ccc(CNS(=O)(=O)C2CCN(C(=O)/C=C/c3ccc(Cl)cc3)CC2)n1. The van der Waals surface area contributed by atoms with Crippen molar-refractivity contribution < 1.29 is 13.2 Å². The number of amides is 1. The van der Waals surface area contributed by atoms with Crippen molar-refractivity contribution >= 4 is 33.6 Å². The molecule has 1 aliphatic heterocycles. The summed E-state index contributed by atoms with van der Waals surface area (Å²) in [4.78, 5) is 14.1. The number of nitrogens with zero attached hydrogens (tertiary/aromatic N) is 3. The van der Waals surface area contributed by atoms with Crippen LogP contribution < -0.4 is 4.72 Å². The summed E-state index contributed by atoms with van der Waals surface area (Å²) in [6.07, 6.45) is 5.91. The van der Waals surface area contributed by atoms with Gasteiger partial charge in [0.1, 0.15) is 0 Å². The summed E-state index contributed by atoms with van der Waals surface area (Å²) >= 11 is 5.85. The van der Waals surface area contributed by atoms with Gasteiger partial charge in [0.15, 0.2) is 0 Å². The average molecular weight is 437 g/mol. The average Bonchev–Trinajstić information content (AvgIpc) is 3.20. The van der Waals surface area contributed by atoms with Gasteiger partial charge in [-0.1, -0.05) is 23.7 Å². The van der Waals surface area contributed by atoms with E-state index in [0.29, 0.717) is 36.6 Å². The van der Waals surface area contributed by atoms with Gasteiger partial charge < -0.3 is 4.90 Å². The summed E-state index contributed by atoms with van der Waals surface area (Å²) in [5.41, 5.74) is 1.57. The van der Waals surface area contributed by atoms with Crippen molar-refractivity contribution in [1.82, 2.24) is 19.4 Å². The lowest BCUT2D eigenvalue weighted by Gasteiger charge is -2.31. The van der Waals surface area contributed by atoms with E-state index in [2.05, 4.69) is 9.82 Å². The fourth-order valence-corrected chi connectivity index (χ4v) is 4.74. The first-order valence-electron chi connectivity index (χ1n) is 9.61. The second kappa shape index (κ2) is 9.56. The lowest BCUT2D eigenvalue weighted by molar-refractivity contribution is -0.126. The van der Waals surface area contributed by atoms with Crippen LogP contribution in [0.2, 0.25) is 5.02 Å². The first kappa shape index (κ1) is 21.5. The van der Waals surface area contributed by atoms with E-state index in [4.69, 9.17) is 11.6 Å². The molecule has 2 heterocycles. The zero-order chi connectivity index (χ0) is 20.9. The molecule has 1 fully saturated rings. The molecule has 1 N–H and O–H groups in total. The van der Waals surface area contributed by atoms with Gasteiger partial charge in [-0.2, -0.15) is 5.10 Å². The van der Waals surface area contributed by atoms with Gasteiger partial charge in [-0.15, -0.1) is 0 Å². The maximum atomic E-state index is 12.6. The van der Waals surface area contributed by atoms with E-state index in [-0.39, 0.29) is 12.5 Å². The van der Waals surface area contributed by atoms with Crippen molar-refractivity contribution in [2.75, 3.05) is 13.1 Å². The third kappa shape index (κ3) is 5.91. The number of nitrogens with one attached hydrogen (secondary N) is 1. The molecule has 2 aromatic rings. The van der Waals surface area contributed by atoms with Crippen molar-refractivity contribution in [3.63, 3.8) is 0 Å². The Bertz CT molecular complexity index is 962. The van der Waals surface area contributed by atoms with Crippen LogP contribution in [0.25, 0.3) is 6.08 Å². The minimum absolute atomic E-state index is 0.117. The molecule has 7 nitrogen and oxygen atoms in total. The number of carbonyl (C=O) groups is 1. The molecule has 1 amide bonds. The van der Waals surface area contributed by atoms with E-state index in [0.717, 1.165) is 12.1 Å². The molecule has 29 heavy (non-hydrogen) atoms. The number of aryl methyl sites for hydroxylation is 1. The van der Waals surface area contributed by atoms with Crippen LogP contribution in [0.1, 0.15) is 31.0 Å². The smallest absolute Gasteiger partial charge is 0.246 e. The summed E-state index contributed by atoms with van der Waals surface area (Å²) in [6, 6.07) is 9.00. The van der Waals surface area contributed by atoms with Crippen molar-refractivity contribution in [1.29, 1.82) is 0 Å². The van der Waals surface area contributed by atoms with Crippen LogP contribution in [0, 0.1) is 0 Å². The molecule has 9 heteroatoms. The Balaban J connectivity index is 1.49. The Morgan fingerprint density at radius 3 is 2.55 bits per heavy atom. The van der Waals surface area contributed by atoms with E-state index < -0.39 is 15.3 Å². The van der Waals surface area contributed by atoms with Crippen LogP contribution in [0.5, 0.6) is 0 Å². The van der Waals surface area contributed by atoms with Crippen molar-refractivity contribution in [2.24, 2.45) is 0 Å². The summed E-state index contributed by atoms with van der Waals surface area (Å²) < 4.78 is 29.6. The molecule has 0 aliphatic carbocycles. The van der Waals surface area contributed by atoms with Crippen LogP contribution >= 0.6 is 11.6 Å². The van der Waals surface area contributed by atoms with Crippen LogP contribution in [-0.4, -0.2) is 47.3 Å². The number of hydrogen-bond donors (Lipinski definition) is 1. The lowest BCUT2D eigenvalue weighted by atomic mass is 10.1. The first-order chi connectivity index (χ1) is 13.9. The Morgan fingerprint density at radius 1 is 1.24 bits per heavy atom. The minimum atomic E-state index is -3.46. The van der Waals surface area contributed by atoms with Crippen molar-refractivity contribution in [3.05, 3.63) is 58.9 Å². The number of aromatic nitrogens is 2. The zero-order valence-corrected chi connectivity index (χ0v) is 17.9. The molecule has 0 bridgehead atoms. The van der Waals surface area contributed by atoms with Crippen LogP contribution in [-0.2, 0) is 27.9 Å². The highest BCUT2D eigenvalue weighted by molar-refractivity contribution is 7.90. The zero-order valence-electron chi connectivity index (χ0n) is 16.3. The molecule has 0 atom stereocenters. The lowest BCUT2D eigenvalue weighted by Crippen LogP contribution is -2.45. The van der Waals surface area contributed by atoms with E-state index >= 15 is 0 Å². The number of carbonyl (C=O) groups excluding carboxylic acids is 1. The van der Waals surface area contributed by atoms with Crippen LogP contribution in [0.3, 0.4) is 0 Å². The maximum absolute atomic E-state index is 12.6. The third-order valence-corrected chi connectivity index (χ3v) is 7.10. The largest absolute Gasteiger partial charge is 0.339 e. The van der Waals surface area contributed by atoms with Gasteiger partial charge in [0, 0.05) is 36.9 Å². The number of rotatable bonds is 7. The standard InChI is InChI=1S/C20H25ClN4O3S/c1-2-25-14-9-18(23-25)15-22-29(27,28)19-10-12-24(13-11-19)20(26)8-5-16-3-6-17(21)7-4-16/h3-9,14,19,22H,2,10-13,15H2,1H3/b8-5+. The maximum Gasteiger partial charge on any atom is 0.246 e. The highest BCUT2D eigenvalue weighted by Gasteiger charge is 2.30. The Kier molecular flexibility index (Phi) is 7.10. The normalized spacial score (nSPS) is 15.9. The molecule has 0 radical (unpaired) electrons. The first-order valence-corrected chi connectivity index (χ1v) is 11.5. The van der Waals surface area contributed by atoms with Crippen molar-refractivity contribution in [3.8, 4) is 0 Å².